The molecule has 3 aromatic rings. The van der Waals surface area contributed by atoms with Gasteiger partial charge in [-0.15, -0.1) is 0 Å². The van der Waals surface area contributed by atoms with Crippen molar-refractivity contribution in [1.29, 1.82) is 0 Å². The first-order chi connectivity index (χ1) is 13.1. The van der Waals surface area contributed by atoms with Crippen LogP contribution in [0.25, 0.3) is 22.4 Å². The topological polar surface area (TPSA) is 38.1 Å². The quantitative estimate of drug-likeness (QED) is 0.584. The molecule has 4 heteroatoms. The molecule has 3 rings (SSSR count). The van der Waals surface area contributed by atoms with E-state index in [9.17, 15) is 4.79 Å². The lowest BCUT2D eigenvalue weighted by Crippen LogP contribution is -2.45. The van der Waals surface area contributed by atoms with Gasteiger partial charge in [0, 0.05) is 17.6 Å². The van der Waals surface area contributed by atoms with E-state index in [1.807, 2.05) is 59.5 Å². The molecule has 0 aliphatic carbocycles. The number of aromatic nitrogens is 2. The average Bonchev–Trinajstić information content (AvgIpc) is 3.07. The van der Waals surface area contributed by atoms with Crippen LogP contribution in [0.15, 0.2) is 54.6 Å². The second kappa shape index (κ2) is 8.38. The van der Waals surface area contributed by atoms with Gasteiger partial charge in [0.15, 0.2) is 0 Å². The van der Waals surface area contributed by atoms with Crippen LogP contribution in [0.4, 0.5) is 0 Å². The molecule has 0 aliphatic rings. The number of fused-ring (bicyclic) bond motifs is 1. The fourth-order valence-electron chi connectivity index (χ4n) is 3.58. The van der Waals surface area contributed by atoms with Crippen molar-refractivity contribution in [3.05, 3.63) is 54.6 Å². The zero-order valence-electron chi connectivity index (χ0n) is 16.7. The van der Waals surface area contributed by atoms with Crippen LogP contribution in [0.5, 0.6) is 0 Å². The molecule has 1 heterocycles. The minimum atomic E-state index is 0.152. The van der Waals surface area contributed by atoms with Gasteiger partial charge in [0.25, 0.3) is 0 Å². The molecule has 142 valence electrons. The Kier molecular flexibility index (Phi) is 5.94. The Bertz CT molecular complexity index is 890. The van der Waals surface area contributed by atoms with Crippen molar-refractivity contribution < 1.29 is 4.79 Å². The third-order valence-electron chi connectivity index (χ3n) is 5.40. The number of nitrogens with zero attached hydrogens (tertiary/aromatic N) is 3. The van der Waals surface area contributed by atoms with Crippen LogP contribution in [0.3, 0.4) is 0 Å². The maximum absolute atomic E-state index is 13.3. The van der Waals surface area contributed by atoms with Gasteiger partial charge in [-0.05, 0) is 38.8 Å². The van der Waals surface area contributed by atoms with Crippen LogP contribution in [0, 0.1) is 0 Å². The molecule has 0 spiro atoms. The maximum Gasteiger partial charge on any atom is 0.243 e. The Morgan fingerprint density at radius 3 is 2.19 bits per heavy atom. The molecule has 4 nitrogen and oxygen atoms in total. The summed E-state index contributed by atoms with van der Waals surface area (Å²) in [6.45, 7) is 8.84. The van der Waals surface area contributed by atoms with Crippen LogP contribution in [-0.4, -0.2) is 32.4 Å². The highest BCUT2D eigenvalue weighted by atomic mass is 16.2. The Hall–Kier alpha value is -2.62. The van der Waals surface area contributed by atoms with Crippen molar-refractivity contribution in [3.8, 4) is 11.4 Å². The summed E-state index contributed by atoms with van der Waals surface area (Å²) in [6.07, 6.45) is 1.90. The predicted molar refractivity (Wildman–Crippen MR) is 112 cm³/mol. The summed E-state index contributed by atoms with van der Waals surface area (Å²) >= 11 is 0. The molecule has 2 aromatic carbocycles. The molecule has 1 aromatic heterocycles. The first-order valence-electron chi connectivity index (χ1n) is 9.88. The fraction of sp³-hybridized carbons (Fsp3) is 0.391. The standard InChI is InChI=1S/C23H29N3O/c1-5-17(3)26(18(4)6-2)22(27)16-25-21-15-11-10-14-20(21)24-23(25)19-12-8-7-9-13-19/h7-15,17-18H,5-6,16H2,1-4H3. The SMILES string of the molecule is CCC(C)N(C(=O)Cn1c(-c2ccccc2)nc2ccccc21)C(C)CC. The lowest BCUT2D eigenvalue weighted by Gasteiger charge is -2.34. The molecule has 0 saturated heterocycles. The van der Waals surface area contributed by atoms with Crippen LogP contribution < -0.4 is 0 Å². The van der Waals surface area contributed by atoms with Gasteiger partial charge in [-0.2, -0.15) is 0 Å². The van der Waals surface area contributed by atoms with Gasteiger partial charge in [0.2, 0.25) is 5.91 Å². The highest BCUT2D eigenvalue weighted by Crippen LogP contribution is 2.25. The highest BCUT2D eigenvalue weighted by Gasteiger charge is 2.25. The van der Waals surface area contributed by atoms with Crippen molar-refractivity contribution in [1.82, 2.24) is 14.5 Å². The van der Waals surface area contributed by atoms with Gasteiger partial charge in [-0.25, -0.2) is 4.98 Å². The van der Waals surface area contributed by atoms with Gasteiger partial charge >= 0.3 is 0 Å². The minimum absolute atomic E-state index is 0.152. The molecule has 1 amide bonds. The molecule has 2 unspecified atom stereocenters. The van der Waals surface area contributed by atoms with Gasteiger partial charge in [0.05, 0.1) is 11.0 Å². The molecule has 0 fully saturated rings. The van der Waals surface area contributed by atoms with E-state index in [1.54, 1.807) is 0 Å². The van der Waals surface area contributed by atoms with E-state index in [4.69, 9.17) is 4.98 Å². The zero-order chi connectivity index (χ0) is 19.4. The summed E-state index contributed by atoms with van der Waals surface area (Å²) in [6, 6.07) is 18.6. The van der Waals surface area contributed by atoms with Crippen molar-refractivity contribution in [3.63, 3.8) is 0 Å². The lowest BCUT2D eigenvalue weighted by molar-refractivity contribution is -0.136. The number of para-hydroxylation sites is 2. The monoisotopic (exact) mass is 363 g/mol. The molecule has 0 bridgehead atoms. The third-order valence-corrected chi connectivity index (χ3v) is 5.40. The normalized spacial score (nSPS) is 13.5. The van der Waals surface area contributed by atoms with Crippen LogP contribution >= 0.6 is 0 Å². The van der Waals surface area contributed by atoms with Crippen LogP contribution in [0.1, 0.15) is 40.5 Å². The van der Waals surface area contributed by atoms with Gasteiger partial charge in [-0.1, -0.05) is 56.3 Å². The molecule has 27 heavy (non-hydrogen) atoms. The van der Waals surface area contributed by atoms with E-state index in [0.717, 1.165) is 35.3 Å². The number of amides is 1. The van der Waals surface area contributed by atoms with E-state index >= 15 is 0 Å². The molecule has 0 aliphatic heterocycles. The summed E-state index contributed by atoms with van der Waals surface area (Å²) in [7, 11) is 0. The summed E-state index contributed by atoms with van der Waals surface area (Å²) in [5.74, 6) is 0.998. The largest absolute Gasteiger partial charge is 0.336 e. The predicted octanol–water partition coefficient (Wildman–Crippen LogP) is 5.13. The second-order valence-corrected chi connectivity index (χ2v) is 7.19. The van der Waals surface area contributed by atoms with Crippen LogP contribution in [0.2, 0.25) is 0 Å². The van der Waals surface area contributed by atoms with E-state index < -0.39 is 0 Å². The smallest absolute Gasteiger partial charge is 0.243 e. The first-order valence-corrected chi connectivity index (χ1v) is 9.88. The Morgan fingerprint density at radius 1 is 0.963 bits per heavy atom. The summed E-state index contributed by atoms with van der Waals surface area (Å²) in [5.41, 5.74) is 2.95. The van der Waals surface area contributed by atoms with Crippen molar-refractivity contribution in [2.75, 3.05) is 0 Å². The van der Waals surface area contributed by atoms with E-state index in [-0.39, 0.29) is 18.0 Å². The zero-order valence-corrected chi connectivity index (χ0v) is 16.7. The van der Waals surface area contributed by atoms with Crippen molar-refractivity contribution in [2.45, 2.75) is 59.2 Å². The van der Waals surface area contributed by atoms with Crippen LogP contribution in [-0.2, 0) is 11.3 Å². The molecule has 0 N–H and O–H groups in total. The number of hydrogen-bond donors (Lipinski definition) is 0. The Balaban J connectivity index is 2.04. The number of rotatable bonds is 7. The molecular weight excluding hydrogens is 334 g/mol. The number of benzene rings is 2. The Labute approximate surface area is 161 Å². The highest BCUT2D eigenvalue weighted by molar-refractivity contribution is 5.84. The van der Waals surface area contributed by atoms with E-state index in [0.29, 0.717) is 6.54 Å². The fourth-order valence-corrected chi connectivity index (χ4v) is 3.58. The molecular formula is C23H29N3O. The molecule has 2 atom stereocenters. The summed E-state index contributed by atoms with van der Waals surface area (Å²) in [5, 5.41) is 0. The molecule has 0 saturated carbocycles. The van der Waals surface area contributed by atoms with E-state index in [2.05, 4.69) is 32.3 Å². The maximum atomic E-state index is 13.3. The van der Waals surface area contributed by atoms with Crippen molar-refractivity contribution in [2.24, 2.45) is 0 Å². The van der Waals surface area contributed by atoms with Gasteiger partial charge < -0.3 is 9.47 Å². The molecule has 0 radical (unpaired) electrons. The summed E-state index contributed by atoms with van der Waals surface area (Å²) < 4.78 is 2.06. The second-order valence-electron chi connectivity index (χ2n) is 7.19. The van der Waals surface area contributed by atoms with Crippen molar-refractivity contribution >= 4 is 16.9 Å². The van der Waals surface area contributed by atoms with E-state index in [1.165, 1.54) is 0 Å². The lowest BCUT2D eigenvalue weighted by atomic mass is 10.1. The first kappa shape index (κ1) is 19.2. The third kappa shape index (κ3) is 3.90. The summed E-state index contributed by atoms with van der Waals surface area (Å²) in [4.78, 5) is 20.2. The number of carbonyl (C=O) groups excluding carboxylic acids is 1. The average molecular weight is 364 g/mol. The number of carbonyl (C=O) groups is 1. The van der Waals surface area contributed by atoms with Gasteiger partial charge in [-0.3, -0.25) is 4.79 Å². The minimum Gasteiger partial charge on any atom is -0.336 e. The number of hydrogen-bond acceptors (Lipinski definition) is 2. The number of imidazole rings is 1. The Morgan fingerprint density at radius 2 is 1.56 bits per heavy atom. The van der Waals surface area contributed by atoms with Gasteiger partial charge in [0.1, 0.15) is 12.4 Å².